The molecule has 160 valence electrons. The van der Waals surface area contributed by atoms with Gasteiger partial charge in [-0.25, -0.2) is 0 Å². The molecule has 1 atom stereocenters. The zero-order valence-corrected chi connectivity index (χ0v) is 20.1. The molecule has 4 rings (SSSR count). The second kappa shape index (κ2) is 9.98. The fraction of sp³-hybridized carbons (Fsp3) is 0.926. The second-order valence-corrected chi connectivity index (χ2v) is 15.5. The molecule has 0 aliphatic heterocycles. The predicted octanol–water partition coefficient (Wildman–Crippen LogP) is 9.28. The molecule has 0 aromatic carbocycles. The topological polar surface area (TPSA) is 0 Å². The van der Waals surface area contributed by atoms with Crippen molar-refractivity contribution in [1.82, 2.24) is 0 Å². The van der Waals surface area contributed by atoms with E-state index in [-0.39, 0.29) is 0 Å². The highest BCUT2D eigenvalue weighted by molar-refractivity contribution is 7.78. The molecule has 0 bridgehead atoms. The summed E-state index contributed by atoms with van der Waals surface area (Å²) in [6.07, 6.45) is 29.3. The summed E-state index contributed by atoms with van der Waals surface area (Å²) < 4.78 is 0. The molecule has 1 unspecified atom stereocenters. The molecule has 0 aromatic heterocycles. The van der Waals surface area contributed by atoms with Gasteiger partial charge in [-0.1, -0.05) is 31.8 Å². The van der Waals surface area contributed by atoms with E-state index in [9.17, 15) is 0 Å². The van der Waals surface area contributed by atoms with Crippen LogP contribution in [0.5, 0.6) is 0 Å². The van der Waals surface area contributed by atoms with Crippen LogP contribution in [-0.4, -0.2) is 22.6 Å². The molecular weight excluding hydrogens is 355 g/mol. The second-order valence-electron chi connectivity index (χ2n) is 10.8. The normalized spacial score (nSPS) is 28.1. The first-order valence-corrected chi connectivity index (χ1v) is 15.4. The van der Waals surface area contributed by atoms with Crippen LogP contribution < -0.4 is 0 Å². The molecule has 3 saturated carbocycles. The zero-order valence-electron chi connectivity index (χ0n) is 19.2. The van der Waals surface area contributed by atoms with E-state index in [2.05, 4.69) is 13.8 Å². The number of rotatable bonds is 6. The van der Waals surface area contributed by atoms with E-state index in [4.69, 9.17) is 0 Å². The Hall–Kier alpha value is 0.170. The molecule has 0 N–H and O–H groups in total. The lowest BCUT2D eigenvalue weighted by Gasteiger charge is -2.52. The van der Waals surface area contributed by atoms with Crippen molar-refractivity contribution >= 4 is 7.26 Å². The Balaban J connectivity index is 1.78. The number of hydrogen-bond acceptors (Lipinski definition) is 0. The molecule has 28 heavy (non-hydrogen) atoms. The van der Waals surface area contributed by atoms with Crippen LogP contribution in [0.3, 0.4) is 0 Å². The van der Waals surface area contributed by atoms with Crippen molar-refractivity contribution in [2.75, 3.05) is 0 Å². The van der Waals surface area contributed by atoms with Gasteiger partial charge in [0.15, 0.2) is 0 Å². The van der Waals surface area contributed by atoms with Crippen LogP contribution in [0.2, 0.25) is 0 Å². The molecule has 0 spiro atoms. The van der Waals surface area contributed by atoms with Crippen LogP contribution in [0.15, 0.2) is 11.1 Å². The molecule has 1 heteroatoms. The third kappa shape index (κ3) is 4.03. The minimum atomic E-state index is -0.971. The fourth-order valence-electron chi connectivity index (χ4n) is 8.44. The lowest BCUT2D eigenvalue weighted by atomic mass is 9.98. The van der Waals surface area contributed by atoms with E-state index >= 15 is 0 Å². The smallest absolute Gasteiger partial charge is 0.0674 e. The van der Waals surface area contributed by atoms with Gasteiger partial charge in [0.2, 0.25) is 0 Å². The molecule has 4 aliphatic carbocycles. The van der Waals surface area contributed by atoms with Gasteiger partial charge >= 0.3 is 0 Å². The molecule has 4 aliphatic rings. The first kappa shape index (κ1) is 21.4. The lowest BCUT2D eigenvalue weighted by Crippen LogP contribution is -2.41. The Kier molecular flexibility index (Phi) is 7.63. The minimum absolute atomic E-state index is 0.971. The Morgan fingerprint density at radius 2 is 1.07 bits per heavy atom. The quantitative estimate of drug-likeness (QED) is 0.306. The van der Waals surface area contributed by atoms with Crippen molar-refractivity contribution in [2.24, 2.45) is 0 Å². The predicted molar refractivity (Wildman–Crippen MR) is 128 cm³/mol. The molecule has 0 amide bonds. The SMILES string of the molecule is CCC1=C(C(C)[P+](C2CCCCC2)(C2CCCCC2)C2CCCCC2)CCC1. The highest BCUT2D eigenvalue weighted by Gasteiger charge is 2.61. The summed E-state index contributed by atoms with van der Waals surface area (Å²) in [6, 6.07) is 0. The molecule has 0 heterocycles. The highest BCUT2D eigenvalue weighted by atomic mass is 31.2. The van der Waals surface area contributed by atoms with Crippen LogP contribution in [0.4, 0.5) is 0 Å². The Morgan fingerprint density at radius 1 is 0.643 bits per heavy atom. The van der Waals surface area contributed by atoms with E-state index in [0.29, 0.717) is 0 Å². The number of allylic oxidation sites excluding steroid dienone is 2. The Morgan fingerprint density at radius 3 is 1.46 bits per heavy atom. The maximum Gasteiger partial charge on any atom is 0.0887 e. The van der Waals surface area contributed by atoms with Crippen molar-refractivity contribution in [1.29, 1.82) is 0 Å². The first-order valence-electron chi connectivity index (χ1n) is 13.4. The third-order valence-corrected chi connectivity index (χ3v) is 16.6. The summed E-state index contributed by atoms with van der Waals surface area (Å²) in [5.41, 5.74) is 8.37. The molecular formula is C27H48P+. The monoisotopic (exact) mass is 403 g/mol. The summed E-state index contributed by atoms with van der Waals surface area (Å²) in [6.45, 7) is 5.26. The van der Waals surface area contributed by atoms with E-state index in [1.54, 1.807) is 77.0 Å². The van der Waals surface area contributed by atoms with Gasteiger partial charge < -0.3 is 0 Å². The maximum atomic E-state index is 2.81. The summed E-state index contributed by atoms with van der Waals surface area (Å²) >= 11 is 0. The van der Waals surface area contributed by atoms with Crippen molar-refractivity contribution in [2.45, 2.75) is 158 Å². The van der Waals surface area contributed by atoms with Gasteiger partial charge in [0.05, 0.1) is 22.6 Å². The minimum Gasteiger partial charge on any atom is -0.0674 e. The molecule has 0 radical (unpaired) electrons. The van der Waals surface area contributed by atoms with Crippen molar-refractivity contribution < 1.29 is 0 Å². The zero-order chi connectivity index (χ0) is 19.4. The lowest BCUT2D eigenvalue weighted by molar-refractivity contribution is 0.447. The average Bonchev–Trinajstić information content (AvgIpc) is 3.25. The molecule has 0 saturated heterocycles. The van der Waals surface area contributed by atoms with Crippen molar-refractivity contribution in [3.63, 3.8) is 0 Å². The Bertz CT molecular complexity index is 469. The van der Waals surface area contributed by atoms with Gasteiger partial charge in [0.25, 0.3) is 0 Å². The summed E-state index contributed by atoms with van der Waals surface area (Å²) in [4.78, 5) is 0. The van der Waals surface area contributed by atoms with E-state index < -0.39 is 7.26 Å². The Labute approximate surface area is 177 Å². The molecule has 0 aromatic rings. The van der Waals surface area contributed by atoms with Crippen LogP contribution in [0.1, 0.15) is 136 Å². The van der Waals surface area contributed by atoms with Crippen LogP contribution >= 0.6 is 7.26 Å². The van der Waals surface area contributed by atoms with Crippen LogP contribution in [0, 0.1) is 0 Å². The fourth-order valence-corrected chi connectivity index (χ4v) is 16.8. The molecule has 3 fully saturated rings. The van der Waals surface area contributed by atoms with E-state index in [1.807, 2.05) is 11.1 Å². The summed E-state index contributed by atoms with van der Waals surface area (Å²) in [5.74, 6) is 0. The van der Waals surface area contributed by atoms with Gasteiger partial charge in [0, 0.05) is 7.26 Å². The third-order valence-electron chi connectivity index (χ3n) is 9.60. The van der Waals surface area contributed by atoms with Crippen molar-refractivity contribution in [3.8, 4) is 0 Å². The molecule has 0 nitrogen and oxygen atoms in total. The maximum absolute atomic E-state index is 2.81. The van der Waals surface area contributed by atoms with Gasteiger partial charge in [-0.3, -0.25) is 0 Å². The van der Waals surface area contributed by atoms with Gasteiger partial charge in [-0.2, -0.15) is 0 Å². The summed E-state index contributed by atoms with van der Waals surface area (Å²) in [7, 11) is -0.971. The van der Waals surface area contributed by atoms with Gasteiger partial charge in [0.1, 0.15) is 0 Å². The average molecular weight is 404 g/mol. The van der Waals surface area contributed by atoms with Gasteiger partial charge in [-0.15, -0.1) is 0 Å². The van der Waals surface area contributed by atoms with Crippen molar-refractivity contribution in [3.05, 3.63) is 11.1 Å². The van der Waals surface area contributed by atoms with Crippen LogP contribution in [0.25, 0.3) is 0 Å². The van der Waals surface area contributed by atoms with E-state index in [1.165, 1.54) is 44.9 Å². The largest absolute Gasteiger partial charge is 0.0887 e. The summed E-state index contributed by atoms with van der Waals surface area (Å²) in [5, 5.41) is 0. The standard InChI is InChI=1S/C27H48P/c1-3-23-14-13-21-27(23)22(2)28(24-15-7-4-8-16-24,25-17-9-5-10-18-25)26-19-11-6-12-20-26/h22,24-26H,3-21H2,1-2H3/q+1. The van der Waals surface area contributed by atoms with Gasteiger partial charge in [-0.05, 0) is 115 Å². The highest BCUT2D eigenvalue weighted by Crippen LogP contribution is 2.81. The van der Waals surface area contributed by atoms with E-state index in [0.717, 1.165) is 22.6 Å². The van der Waals surface area contributed by atoms with Crippen LogP contribution in [-0.2, 0) is 0 Å². The number of hydrogen-bond donors (Lipinski definition) is 0. The first-order chi connectivity index (χ1) is 13.8.